The molecule has 3 heterocycles. The number of hydrogen-bond acceptors (Lipinski definition) is 7. The number of para-hydroxylation sites is 1. The molecule has 1 aromatic heterocycles. The van der Waals surface area contributed by atoms with Gasteiger partial charge in [-0.05, 0) is 54.0 Å². The van der Waals surface area contributed by atoms with Gasteiger partial charge in [0.15, 0.2) is 11.5 Å². The third-order valence-corrected chi connectivity index (χ3v) is 10.9. The molecule has 2 amide bonds. The van der Waals surface area contributed by atoms with Crippen molar-refractivity contribution in [1.29, 1.82) is 0 Å². The minimum absolute atomic E-state index is 0.0443. The number of carbonyl (C=O) groups is 2. The molecule has 3 aromatic rings. The summed E-state index contributed by atoms with van der Waals surface area (Å²) in [4.78, 5) is 44.9. The number of phenolic OH excluding ortho intramolecular Hbond substituents is 1. The van der Waals surface area contributed by atoms with Crippen LogP contribution in [0.2, 0.25) is 0 Å². The second kappa shape index (κ2) is 7.48. The van der Waals surface area contributed by atoms with Crippen LogP contribution in [0.25, 0.3) is 0 Å². The van der Waals surface area contributed by atoms with E-state index in [2.05, 4.69) is 4.98 Å². The van der Waals surface area contributed by atoms with Crippen molar-refractivity contribution >= 4 is 40.6 Å². The third kappa shape index (κ3) is 2.82. The molecule has 0 radical (unpaired) electrons. The molecule has 9 heteroatoms. The summed E-state index contributed by atoms with van der Waals surface area (Å²) in [5.74, 6) is -0.301. The number of nitrogens with one attached hydrogen (secondary N) is 1. The van der Waals surface area contributed by atoms with Crippen molar-refractivity contribution in [3.63, 3.8) is 0 Å². The van der Waals surface area contributed by atoms with Gasteiger partial charge in [-0.3, -0.25) is 19.3 Å². The SMILES string of the molecule is COc1cc([C@@H]2c3sc(=O)[nH]c3S[C@H]3[C@@H]4C[C@H]([C@H]5C(=O)N(c6ccccc6)C(=O)[C@H]45)[C@H]23)ccc1O. The van der Waals surface area contributed by atoms with Gasteiger partial charge in [0.05, 0.1) is 29.7 Å². The standard InChI is InChI=1S/C26H22N2O5S2/c1-33-16-9-11(7-8-15(16)29)17-18-13-10-14(21(18)34-23-22(17)35-26(32)27-23)20-19(13)24(30)28(25(20)31)12-5-3-2-4-6-12/h2-9,13-14,17-21,29H,10H2,1H3,(H,27,32)/t13-,14+,17-,18+,19+,20+,21-/m0/s1. The molecule has 7 nitrogen and oxygen atoms in total. The molecule has 3 fully saturated rings. The van der Waals surface area contributed by atoms with E-state index >= 15 is 0 Å². The molecular weight excluding hydrogens is 484 g/mol. The number of phenols is 1. The van der Waals surface area contributed by atoms with Gasteiger partial charge in [0.1, 0.15) is 0 Å². The van der Waals surface area contributed by atoms with Crippen molar-refractivity contribution in [1.82, 2.24) is 4.98 Å². The number of imide groups is 1. The summed E-state index contributed by atoms with van der Waals surface area (Å²) in [6.07, 6.45) is 0.836. The second-order valence-electron chi connectivity index (χ2n) is 9.74. The Kier molecular flexibility index (Phi) is 4.54. The number of nitrogens with zero attached hydrogens (tertiary/aromatic N) is 1. The normalized spacial score (nSPS) is 32.5. The van der Waals surface area contributed by atoms with Gasteiger partial charge in [-0.1, -0.05) is 35.6 Å². The van der Waals surface area contributed by atoms with Crippen molar-refractivity contribution < 1.29 is 19.4 Å². The number of methoxy groups -OCH3 is 1. The highest BCUT2D eigenvalue weighted by atomic mass is 32.2. The molecule has 2 saturated carbocycles. The average Bonchev–Trinajstić information content (AvgIpc) is 3.59. The lowest BCUT2D eigenvalue weighted by Gasteiger charge is -2.43. The number of thioether (sulfide) groups is 1. The molecule has 1 saturated heterocycles. The van der Waals surface area contributed by atoms with Crippen molar-refractivity contribution in [3.05, 3.63) is 68.6 Å². The van der Waals surface area contributed by atoms with Gasteiger partial charge in [0.2, 0.25) is 11.8 Å². The number of aromatic nitrogens is 1. The Morgan fingerprint density at radius 3 is 2.51 bits per heavy atom. The zero-order chi connectivity index (χ0) is 24.0. The molecule has 2 N–H and O–H groups in total. The summed E-state index contributed by atoms with van der Waals surface area (Å²) in [7, 11) is 1.52. The van der Waals surface area contributed by atoms with E-state index in [1.54, 1.807) is 17.8 Å². The van der Waals surface area contributed by atoms with E-state index in [4.69, 9.17) is 4.74 Å². The minimum Gasteiger partial charge on any atom is -0.504 e. The maximum Gasteiger partial charge on any atom is 0.305 e. The van der Waals surface area contributed by atoms with Crippen molar-refractivity contribution in [2.45, 2.75) is 22.6 Å². The Morgan fingerprint density at radius 2 is 1.77 bits per heavy atom. The number of ether oxygens (including phenoxy) is 1. The molecule has 0 unspecified atom stereocenters. The van der Waals surface area contributed by atoms with Crippen LogP contribution >= 0.6 is 23.1 Å². The lowest BCUT2D eigenvalue weighted by molar-refractivity contribution is -0.123. The number of H-pyrrole nitrogens is 1. The van der Waals surface area contributed by atoms with E-state index in [1.807, 2.05) is 42.5 Å². The van der Waals surface area contributed by atoms with Crippen LogP contribution in [-0.2, 0) is 9.59 Å². The molecule has 2 aromatic carbocycles. The van der Waals surface area contributed by atoms with Gasteiger partial charge in [-0.25, -0.2) is 0 Å². The number of benzene rings is 2. The summed E-state index contributed by atoms with van der Waals surface area (Å²) in [5, 5.41) is 11.2. The van der Waals surface area contributed by atoms with Gasteiger partial charge < -0.3 is 14.8 Å². The van der Waals surface area contributed by atoms with Crippen LogP contribution in [-0.4, -0.2) is 34.3 Å². The van der Waals surface area contributed by atoms with E-state index in [0.29, 0.717) is 11.4 Å². The van der Waals surface area contributed by atoms with Crippen molar-refractivity contribution in [2.24, 2.45) is 29.6 Å². The topological polar surface area (TPSA) is 99.7 Å². The molecular formula is C26H22N2O5S2. The summed E-state index contributed by atoms with van der Waals surface area (Å²) in [5.41, 5.74) is 1.59. The van der Waals surface area contributed by atoms with Crippen LogP contribution in [0.4, 0.5) is 5.69 Å². The van der Waals surface area contributed by atoms with Crippen molar-refractivity contribution in [3.8, 4) is 11.5 Å². The minimum atomic E-state index is -0.340. The van der Waals surface area contributed by atoms with Gasteiger partial charge in [0.25, 0.3) is 0 Å². The van der Waals surface area contributed by atoms with Crippen LogP contribution in [0.1, 0.15) is 22.8 Å². The number of anilines is 1. The predicted molar refractivity (Wildman–Crippen MR) is 132 cm³/mol. The molecule has 35 heavy (non-hydrogen) atoms. The van der Waals surface area contributed by atoms with E-state index in [1.165, 1.54) is 23.3 Å². The highest BCUT2D eigenvalue weighted by Crippen LogP contribution is 2.68. The number of hydrogen-bond donors (Lipinski definition) is 2. The monoisotopic (exact) mass is 506 g/mol. The van der Waals surface area contributed by atoms with Crippen LogP contribution in [0, 0.1) is 29.6 Å². The van der Waals surface area contributed by atoms with Gasteiger partial charge in [-0.2, -0.15) is 0 Å². The van der Waals surface area contributed by atoms with Crippen LogP contribution < -0.4 is 14.5 Å². The number of rotatable bonds is 3. The van der Waals surface area contributed by atoms with Gasteiger partial charge in [-0.15, -0.1) is 11.8 Å². The van der Waals surface area contributed by atoms with Crippen LogP contribution in [0.5, 0.6) is 11.5 Å². The Hall–Kier alpha value is -3.04. The van der Waals surface area contributed by atoms with Crippen molar-refractivity contribution in [2.75, 3.05) is 12.0 Å². The summed E-state index contributed by atoms with van der Waals surface area (Å²) >= 11 is 2.88. The van der Waals surface area contributed by atoms with Gasteiger partial charge in [0, 0.05) is 16.0 Å². The first-order valence-electron chi connectivity index (χ1n) is 11.7. The highest BCUT2D eigenvalue weighted by molar-refractivity contribution is 8.00. The summed E-state index contributed by atoms with van der Waals surface area (Å²) < 4.78 is 5.38. The van der Waals surface area contributed by atoms with Gasteiger partial charge >= 0.3 is 4.87 Å². The fourth-order valence-corrected chi connectivity index (χ4v) is 10.00. The zero-order valence-electron chi connectivity index (χ0n) is 18.7. The summed E-state index contributed by atoms with van der Waals surface area (Å²) in [6, 6.07) is 14.5. The fraction of sp³-hybridized carbons (Fsp3) is 0.346. The first kappa shape index (κ1) is 21.3. The number of amides is 2. The Labute approximate surface area is 209 Å². The number of carbonyl (C=O) groups excluding carboxylic acids is 2. The Balaban J connectivity index is 1.34. The van der Waals surface area contributed by atoms with E-state index in [9.17, 15) is 19.5 Å². The van der Waals surface area contributed by atoms with E-state index < -0.39 is 0 Å². The molecule has 4 aliphatic rings. The van der Waals surface area contributed by atoms with Crippen LogP contribution in [0.3, 0.4) is 0 Å². The molecule has 2 bridgehead atoms. The quantitative estimate of drug-likeness (QED) is 0.524. The Bertz CT molecular complexity index is 1430. The van der Waals surface area contributed by atoms with E-state index in [-0.39, 0.29) is 63.2 Å². The molecule has 2 aliphatic carbocycles. The Morgan fingerprint density at radius 1 is 1.03 bits per heavy atom. The third-order valence-electron chi connectivity index (χ3n) is 8.30. The first-order chi connectivity index (χ1) is 17.0. The zero-order valence-corrected chi connectivity index (χ0v) is 20.3. The molecule has 2 aliphatic heterocycles. The number of thiazole rings is 1. The summed E-state index contributed by atoms with van der Waals surface area (Å²) in [6.45, 7) is 0. The number of aromatic hydroxyl groups is 1. The molecule has 178 valence electrons. The lowest BCUT2D eigenvalue weighted by Crippen LogP contribution is -2.42. The molecule has 7 rings (SSSR count). The number of fused-ring (bicyclic) bond motifs is 9. The number of aromatic amines is 1. The second-order valence-corrected chi connectivity index (χ2v) is 11.9. The first-order valence-corrected chi connectivity index (χ1v) is 13.4. The fourth-order valence-electron chi connectivity index (χ4n) is 7.11. The maximum absolute atomic E-state index is 13.7. The maximum atomic E-state index is 13.7. The largest absolute Gasteiger partial charge is 0.504 e. The lowest BCUT2D eigenvalue weighted by atomic mass is 9.68. The molecule has 0 spiro atoms. The predicted octanol–water partition coefficient (Wildman–Crippen LogP) is 3.83. The van der Waals surface area contributed by atoms with Crippen LogP contribution in [0.15, 0.2) is 58.4 Å². The smallest absolute Gasteiger partial charge is 0.305 e. The highest BCUT2D eigenvalue weighted by Gasteiger charge is 2.69. The molecule has 7 atom stereocenters. The average molecular weight is 507 g/mol. The van der Waals surface area contributed by atoms with E-state index in [0.717, 1.165) is 21.9 Å².